The van der Waals surface area contributed by atoms with E-state index in [0.29, 0.717) is 0 Å². The molecule has 0 amide bonds. The molecule has 1 aromatic carbocycles. The fraction of sp³-hybridized carbons (Fsp3) is 0.333. The minimum absolute atomic E-state index is 0.892. The Kier molecular flexibility index (Phi) is 3.02. The van der Waals surface area contributed by atoms with E-state index < -0.39 is 8.07 Å². The Hall–Kier alpha value is 0.207. The van der Waals surface area contributed by atoms with Crippen LogP contribution in [0.3, 0.4) is 0 Å². The highest BCUT2D eigenvalue weighted by Crippen LogP contribution is 2.19. The molecule has 0 N–H and O–H groups in total. The average Bonchev–Trinajstić information content (AvgIpc) is 1.82. The first kappa shape index (κ1) is 10.3. The van der Waals surface area contributed by atoms with Gasteiger partial charge in [0.05, 0.1) is 8.07 Å². The maximum atomic E-state index is 6.12. The van der Waals surface area contributed by atoms with Gasteiger partial charge in [-0.25, -0.2) is 0 Å². The predicted molar refractivity (Wildman–Crippen MR) is 62.1 cm³/mol. The number of hydrogen-bond donors (Lipinski definition) is 0. The lowest BCUT2D eigenvalue weighted by atomic mass is 10.4. The van der Waals surface area contributed by atoms with Crippen molar-refractivity contribution in [2.45, 2.75) is 19.6 Å². The normalized spacial score (nSPS) is 11.8. The first-order chi connectivity index (χ1) is 5.43. The minimum Gasteiger partial charge on any atom is -0.0844 e. The van der Waals surface area contributed by atoms with Gasteiger partial charge in [-0.1, -0.05) is 53.2 Å². The van der Waals surface area contributed by atoms with Crippen molar-refractivity contribution in [3.8, 4) is 0 Å². The number of halogens is 2. The maximum Gasteiger partial charge on any atom is 0.0810 e. The molecule has 12 heavy (non-hydrogen) atoms. The van der Waals surface area contributed by atoms with Crippen LogP contribution in [-0.4, -0.2) is 8.07 Å². The molecular weight excluding hydrogens is 252 g/mol. The molecule has 0 aliphatic heterocycles. The molecule has 0 unspecified atom stereocenters. The quantitative estimate of drug-likeness (QED) is 0.679. The van der Waals surface area contributed by atoms with Crippen molar-refractivity contribution >= 4 is 40.8 Å². The molecule has 0 heterocycles. The summed E-state index contributed by atoms with van der Waals surface area (Å²) in [4.78, 5) is 0. The first-order valence-corrected chi connectivity index (χ1v) is 8.54. The van der Waals surface area contributed by atoms with Crippen molar-refractivity contribution in [2.24, 2.45) is 0 Å². The third kappa shape index (κ3) is 2.12. The highest BCUT2D eigenvalue weighted by Gasteiger charge is 2.21. The Morgan fingerprint density at radius 2 is 1.83 bits per heavy atom. The molecule has 0 bridgehead atoms. The van der Waals surface area contributed by atoms with Crippen LogP contribution in [0.1, 0.15) is 0 Å². The summed E-state index contributed by atoms with van der Waals surface area (Å²) in [7, 11) is -1.30. The Labute approximate surface area is 88.1 Å². The van der Waals surface area contributed by atoms with Crippen LogP contribution in [0, 0.1) is 0 Å². The SMILES string of the molecule is C[Si](C)(C)c1c(Cl)cccc1Br. The van der Waals surface area contributed by atoms with Gasteiger partial charge in [-0.3, -0.25) is 0 Å². The summed E-state index contributed by atoms with van der Waals surface area (Å²) in [6.07, 6.45) is 0. The molecule has 0 saturated heterocycles. The van der Waals surface area contributed by atoms with E-state index in [0.717, 1.165) is 9.50 Å². The van der Waals surface area contributed by atoms with Gasteiger partial charge >= 0.3 is 0 Å². The molecule has 0 aliphatic rings. The van der Waals surface area contributed by atoms with Gasteiger partial charge in [-0.15, -0.1) is 0 Å². The zero-order valence-corrected chi connectivity index (χ0v) is 10.8. The molecule has 3 heteroatoms. The van der Waals surface area contributed by atoms with Crippen LogP contribution in [0.5, 0.6) is 0 Å². The van der Waals surface area contributed by atoms with Gasteiger partial charge in [0.25, 0.3) is 0 Å². The zero-order valence-electron chi connectivity index (χ0n) is 7.49. The summed E-state index contributed by atoms with van der Waals surface area (Å²) in [5, 5.41) is 2.20. The van der Waals surface area contributed by atoms with Gasteiger partial charge in [0.15, 0.2) is 0 Å². The van der Waals surface area contributed by atoms with E-state index in [1.807, 2.05) is 12.1 Å². The minimum atomic E-state index is -1.30. The monoisotopic (exact) mass is 262 g/mol. The smallest absolute Gasteiger partial charge is 0.0810 e. The topological polar surface area (TPSA) is 0 Å². The molecule has 66 valence electrons. The molecule has 0 atom stereocenters. The highest BCUT2D eigenvalue weighted by atomic mass is 79.9. The lowest BCUT2D eigenvalue weighted by molar-refractivity contribution is 1.64. The van der Waals surface area contributed by atoms with Gasteiger partial charge in [0.1, 0.15) is 0 Å². The standard InChI is InChI=1S/C9H12BrClSi/c1-12(2,3)9-7(10)5-4-6-8(9)11/h4-6H,1-3H3. The molecule has 0 nitrogen and oxygen atoms in total. The average molecular weight is 264 g/mol. The summed E-state index contributed by atoms with van der Waals surface area (Å²) in [5.41, 5.74) is 0. The predicted octanol–water partition coefficient (Wildman–Crippen LogP) is 3.65. The summed E-state index contributed by atoms with van der Waals surface area (Å²) in [6, 6.07) is 5.98. The molecule has 0 fully saturated rings. The second kappa shape index (κ2) is 3.52. The van der Waals surface area contributed by atoms with Crippen LogP contribution in [0.2, 0.25) is 24.7 Å². The fourth-order valence-electron chi connectivity index (χ4n) is 1.21. The lowest BCUT2D eigenvalue weighted by Gasteiger charge is -2.19. The van der Waals surface area contributed by atoms with E-state index in [1.54, 1.807) is 0 Å². The van der Waals surface area contributed by atoms with E-state index in [-0.39, 0.29) is 0 Å². The second-order valence-corrected chi connectivity index (χ2v) is 10.1. The Bertz CT molecular complexity index is 271. The molecule has 1 rings (SSSR count). The number of rotatable bonds is 1. The van der Waals surface area contributed by atoms with Crippen LogP contribution in [0.25, 0.3) is 0 Å². The van der Waals surface area contributed by atoms with Crippen molar-refractivity contribution in [3.63, 3.8) is 0 Å². The highest BCUT2D eigenvalue weighted by molar-refractivity contribution is 9.10. The molecule has 0 spiro atoms. The number of benzene rings is 1. The van der Waals surface area contributed by atoms with E-state index in [1.165, 1.54) is 5.19 Å². The maximum absolute atomic E-state index is 6.12. The van der Waals surface area contributed by atoms with Gasteiger partial charge in [-0.05, 0) is 17.3 Å². The lowest BCUT2D eigenvalue weighted by Crippen LogP contribution is -2.39. The molecule has 0 aromatic heterocycles. The van der Waals surface area contributed by atoms with Crippen molar-refractivity contribution in [1.82, 2.24) is 0 Å². The summed E-state index contributed by atoms with van der Waals surface area (Å²) < 4.78 is 1.15. The fourth-order valence-corrected chi connectivity index (χ4v) is 6.10. The van der Waals surface area contributed by atoms with Crippen molar-refractivity contribution in [3.05, 3.63) is 27.7 Å². The molecule has 0 saturated carbocycles. The summed E-state index contributed by atoms with van der Waals surface area (Å²) >= 11 is 9.65. The van der Waals surface area contributed by atoms with Crippen molar-refractivity contribution < 1.29 is 0 Å². The van der Waals surface area contributed by atoms with Gasteiger partial charge < -0.3 is 0 Å². The Balaban J connectivity index is 3.31. The summed E-state index contributed by atoms with van der Waals surface area (Å²) in [6.45, 7) is 6.87. The van der Waals surface area contributed by atoms with Crippen LogP contribution in [0.15, 0.2) is 22.7 Å². The Morgan fingerprint density at radius 3 is 2.17 bits per heavy atom. The van der Waals surface area contributed by atoms with Crippen molar-refractivity contribution in [1.29, 1.82) is 0 Å². The van der Waals surface area contributed by atoms with Gasteiger partial charge in [0, 0.05) is 9.50 Å². The molecule has 1 aromatic rings. The van der Waals surface area contributed by atoms with E-state index >= 15 is 0 Å². The zero-order chi connectivity index (χ0) is 9.35. The molecule has 0 radical (unpaired) electrons. The third-order valence-electron chi connectivity index (χ3n) is 1.71. The van der Waals surface area contributed by atoms with E-state index in [2.05, 4.69) is 41.6 Å². The van der Waals surface area contributed by atoms with Crippen LogP contribution < -0.4 is 5.19 Å². The van der Waals surface area contributed by atoms with Crippen LogP contribution in [-0.2, 0) is 0 Å². The third-order valence-corrected chi connectivity index (χ3v) is 5.25. The largest absolute Gasteiger partial charge is 0.0844 e. The van der Waals surface area contributed by atoms with Gasteiger partial charge in [-0.2, -0.15) is 0 Å². The van der Waals surface area contributed by atoms with Crippen LogP contribution in [0.4, 0.5) is 0 Å². The number of hydrogen-bond acceptors (Lipinski definition) is 0. The van der Waals surface area contributed by atoms with E-state index in [4.69, 9.17) is 11.6 Å². The molecule has 0 aliphatic carbocycles. The second-order valence-electron chi connectivity index (χ2n) is 3.85. The first-order valence-electron chi connectivity index (χ1n) is 3.87. The van der Waals surface area contributed by atoms with Crippen LogP contribution >= 0.6 is 27.5 Å². The van der Waals surface area contributed by atoms with Gasteiger partial charge in [0.2, 0.25) is 0 Å². The van der Waals surface area contributed by atoms with E-state index in [9.17, 15) is 0 Å². The molecular formula is C9H12BrClSi. The summed E-state index contributed by atoms with van der Waals surface area (Å²) in [5.74, 6) is 0. The Morgan fingerprint density at radius 1 is 1.25 bits per heavy atom. The van der Waals surface area contributed by atoms with Crippen molar-refractivity contribution in [2.75, 3.05) is 0 Å².